The molecule has 1 aromatic heterocycles. The van der Waals surface area contributed by atoms with Gasteiger partial charge in [-0.2, -0.15) is 0 Å². The summed E-state index contributed by atoms with van der Waals surface area (Å²) in [7, 11) is 0. The quantitative estimate of drug-likeness (QED) is 0.759. The van der Waals surface area contributed by atoms with E-state index in [0.717, 1.165) is 25.9 Å². The van der Waals surface area contributed by atoms with Gasteiger partial charge in [-0.1, -0.05) is 11.6 Å². The van der Waals surface area contributed by atoms with Gasteiger partial charge >= 0.3 is 0 Å². The third kappa shape index (κ3) is 2.62. The maximum absolute atomic E-state index is 11.7. The Hall–Kier alpha value is -0.870. The van der Waals surface area contributed by atoms with Gasteiger partial charge in [0.25, 0.3) is 5.56 Å². The number of hydrogen-bond acceptors (Lipinski definition) is 3. The van der Waals surface area contributed by atoms with E-state index in [9.17, 15) is 4.79 Å². The summed E-state index contributed by atoms with van der Waals surface area (Å²) in [5.41, 5.74) is -0.0875. The lowest BCUT2D eigenvalue weighted by Crippen LogP contribution is -2.24. The number of hydrogen-bond donors (Lipinski definition) is 0. The molecule has 0 N–H and O–H groups in total. The lowest BCUT2D eigenvalue weighted by molar-refractivity contribution is 0.0998. The van der Waals surface area contributed by atoms with Crippen molar-refractivity contribution in [3.8, 4) is 0 Å². The monoisotopic (exact) mass is 242 g/mol. The molecule has 0 amide bonds. The zero-order valence-electron chi connectivity index (χ0n) is 9.28. The van der Waals surface area contributed by atoms with Crippen molar-refractivity contribution in [3.05, 3.63) is 27.4 Å². The van der Waals surface area contributed by atoms with E-state index >= 15 is 0 Å². The minimum atomic E-state index is -0.0875. The van der Waals surface area contributed by atoms with Crippen LogP contribution in [0.1, 0.15) is 25.1 Å². The SMILES string of the molecule is Cc1nc(Cl)cc(=O)n1CCC1CCCO1. The maximum atomic E-state index is 11.7. The van der Waals surface area contributed by atoms with Gasteiger partial charge in [-0.3, -0.25) is 9.36 Å². The van der Waals surface area contributed by atoms with Crippen LogP contribution in [0.3, 0.4) is 0 Å². The average molecular weight is 243 g/mol. The van der Waals surface area contributed by atoms with Crippen LogP contribution < -0.4 is 5.56 Å². The van der Waals surface area contributed by atoms with Gasteiger partial charge in [0, 0.05) is 19.2 Å². The fourth-order valence-electron chi connectivity index (χ4n) is 2.00. The molecule has 0 spiro atoms. The fraction of sp³-hybridized carbons (Fsp3) is 0.636. The Bertz CT molecular complexity index is 424. The Morgan fingerprint density at radius 3 is 3.12 bits per heavy atom. The van der Waals surface area contributed by atoms with Crippen molar-refractivity contribution >= 4 is 11.6 Å². The lowest BCUT2D eigenvalue weighted by atomic mass is 10.2. The van der Waals surface area contributed by atoms with Crippen LogP contribution in [0.25, 0.3) is 0 Å². The molecule has 0 aromatic carbocycles. The van der Waals surface area contributed by atoms with Gasteiger partial charge in [-0.05, 0) is 26.2 Å². The topological polar surface area (TPSA) is 44.1 Å². The minimum absolute atomic E-state index is 0.0875. The van der Waals surface area contributed by atoms with Crippen LogP contribution in [0, 0.1) is 6.92 Å². The molecule has 1 aromatic rings. The van der Waals surface area contributed by atoms with Crippen LogP contribution in [-0.2, 0) is 11.3 Å². The summed E-state index contributed by atoms with van der Waals surface area (Å²) < 4.78 is 7.16. The number of nitrogens with zero attached hydrogens (tertiary/aromatic N) is 2. The minimum Gasteiger partial charge on any atom is -0.378 e. The second-order valence-corrected chi connectivity index (χ2v) is 4.43. The molecule has 1 atom stereocenters. The summed E-state index contributed by atoms with van der Waals surface area (Å²) in [4.78, 5) is 15.7. The van der Waals surface area contributed by atoms with E-state index in [1.54, 1.807) is 11.5 Å². The van der Waals surface area contributed by atoms with Gasteiger partial charge < -0.3 is 4.74 Å². The smallest absolute Gasteiger partial charge is 0.254 e. The van der Waals surface area contributed by atoms with Crippen LogP contribution >= 0.6 is 11.6 Å². The lowest BCUT2D eigenvalue weighted by Gasteiger charge is -2.12. The maximum Gasteiger partial charge on any atom is 0.254 e. The van der Waals surface area contributed by atoms with E-state index in [-0.39, 0.29) is 10.7 Å². The Morgan fingerprint density at radius 2 is 2.50 bits per heavy atom. The van der Waals surface area contributed by atoms with Crippen molar-refractivity contribution in [2.75, 3.05) is 6.61 Å². The third-order valence-electron chi connectivity index (χ3n) is 2.87. The highest BCUT2D eigenvalue weighted by Crippen LogP contribution is 2.16. The molecule has 4 nitrogen and oxygen atoms in total. The Morgan fingerprint density at radius 1 is 1.69 bits per heavy atom. The van der Waals surface area contributed by atoms with E-state index < -0.39 is 0 Å². The van der Waals surface area contributed by atoms with Crippen molar-refractivity contribution < 1.29 is 4.74 Å². The first-order chi connectivity index (χ1) is 7.66. The third-order valence-corrected chi connectivity index (χ3v) is 3.06. The molecule has 5 heteroatoms. The molecule has 88 valence electrons. The molecule has 16 heavy (non-hydrogen) atoms. The van der Waals surface area contributed by atoms with Crippen molar-refractivity contribution in [1.29, 1.82) is 0 Å². The van der Waals surface area contributed by atoms with E-state index in [1.807, 2.05) is 0 Å². The predicted octanol–water partition coefficient (Wildman–Crippen LogP) is 1.77. The predicted molar refractivity (Wildman–Crippen MR) is 61.8 cm³/mol. The van der Waals surface area contributed by atoms with E-state index in [2.05, 4.69) is 4.98 Å². The second-order valence-electron chi connectivity index (χ2n) is 4.04. The highest BCUT2D eigenvalue weighted by atomic mass is 35.5. The van der Waals surface area contributed by atoms with Crippen molar-refractivity contribution in [2.24, 2.45) is 0 Å². The summed E-state index contributed by atoms with van der Waals surface area (Å²) in [5, 5.41) is 0.260. The van der Waals surface area contributed by atoms with Gasteiger partial charge in [0.1, 0.15) is 11.0 Å². The van der Waals surface area contributed by atoms with E-state index in [0.29, 0.717) is 18.5 Å². The largest absolute Gasteiger partial charge is 0.378 e. The molecule has 1 fully saturated rings. The van der Waals surface area contributed by atoms with Gasteiger partial charge in [0.05, 0.1) is 6.10 Å². The molecule has 1 unspecified atom stereocenters. The van der Waals surface area contributed by atoms with Crippen LogP contribution in [0.4, 0.5) is 0 Å². The molecule has 1 aliphatic rings. The van der Waals surface area contributed by atoms with Crippen molar-refractivity contribution in [3.63, 3.8) is 0 Å². The van der Waals surface area contributed by atoms with Gasteiger partial charge in [0.15, 0.2) is 0 Å². The summed E-state index contributed by atoms with van der Waals surface area (Å²) in [6.45, 7) is 3.29. The molecule has 2 rings (SSSR count). The van der Waals surface area contributed by atoms with Crippen LogP contribution in [-0.4, -0.2) is 22.3 Å². The van der Waals surface area contributed by atoms with Crippen molar-refractivity contribution in [2.45, 2.75) is 38.8 Å². The van der Waals surface area contributed by atoms with Crippen molar-refractivity contribution in [1.82, 2.24) is 9.55 Å². The summed E-state index contributed by atoms with van der Waals surface area (Å²) in [6, 6.07) is 1.35. The fourth-order valence-corrected chi connectivity index (χ4v) is 2.22. The highest BCUT2D eigenvalue weighted by molar-refractivity contribution is 6.29. The van der Waals surface area contributed by atoms with Gasteiger partial charge in [0.2, 0.25) is 0 Å². The summed E-state index contributed by atoms with van der Waals surface area (Å²) in [6.07, 6.45) is 3.37. The van der Waals surface area contributed by atoms with E-state index in [1.165, 1.54) is 6.07 Å². The normalized spacial score (nSPS) is 20.2. The highest BCUT2D eigenvalue weighted by Gasteiger charge is 2.15. The molecule has 0 saturated carbocycles. The molecule has 0 radical (unpaired) electrons. The Kier molecular flexibility index (Phi) is 3.61. The Labute approximate surface area is 99.2 Å². The van der Waals surface area contributed by atoms with Crippen LogP contribution in [0.2, 0.25) is 5.15 Å². The number of aryl methyl sites for hydroxylation is 1. The molecular formula is C11H15ClN2O2. The first kappa shape index (κ1) is 11.6. The standard InChI is InChI=1S/C11H15ClN2O2/c1-8-13-10(12)7-11(15)14(8)5-4-9-3-2-6-16-9/h7,9H,2-6H2,1H3. The number of aromatic nitrogens is 2. The zero-order chi connectivity index (χ0) is 11.5. The van der Waals surface area contributed by atoms with Crippen LogP contribution in [0.15, 0.2) is 10.9 Å². The van der Waals surface area contributed by atoms with Gasteiger partial charge in [-0.15, -0.1) is 0 Å². The number of rotatable bonds is 3. The Balaban J connectivity index is 2.06. The summed E-state index contributed by atoms with van der Waals surface area (Å²) >= 11 is 5.70. The first-order valence-electron chi connectivity index (χ1n) is 5.52. The van der Waals surface area contributed by atoms with Gasteiger partial charge in [-0.25, -0.2) is 4.98 Å². The molecule has 1 aliphatic heterocycles. The molecule has 0 aliphatic carbocycles. The molecule has 1 saturated heterocycles. The summed E-state index contributed by atoms with van der Waals surface area (Å²) in [5.74, 6) is 0.662. The molecular weight excluding hydrogens is 228 g/mol. The van der Waals surface area contributed by atoms with Crippen LogP contribution in [0.5, 0.6) is 0 Å². The number of ether oxygens (including phenoxy) is 1. The second kappa shape index (κ2) is 4.97. The zero-order valence-corrected chi connectivity index (χ0v) is 10.0. The average Bonchev–Trinajstić information content (AvgIpc) is 2.68. The molecule has 2 heterocycles. The molecule has 0 bridgehead atoms. The first-order valence-corrected chi connectivity index (χ1v) is 5.90. The number of halogens is 1. The van der Waals surface area contributed by atoms with E-state index in [4.69, 9.17) is 16.3 Å².